The average Bonchev–Trinajstić information content (AvgIpc) is 3.17. The van der Waals surface area contributed by atoms with Gasteiger partial charge in [0, 0.05) is 18.5 Å². The van der Waals surface area contributed by atoms with Crippen molar-refractivity contribution in [2.24, 2.45) is 0 Å². The molecular weight excluding hydrogens is 225 g/mol. The molecule has 2 heteroatoms. The molecule has 1 aliphatic carbocycles. The first-order chi connectivity index (χ1) is 8.83. The summed E-state index contributed by atoms with van der Waals surface area (Å²) >= 11 is 0. The Morgan fingerprint density at radius 1 is 1.06 bits per heavy atom. The van der Waals surface area contributed by atoms with Crippen LogP contribution in [0, 0.1) is 5.82 Å². The molecule has 2 aromatic carbocycles. The fraction of sp³-hybridized carbons (Fsp3) is 0.250. The lowest BCUT2D eigenvalue weighted by atomic mass is 10.1. The van der Waals surface area contributed by atoms with Gasteiger partial charge in [-0.2, -0.15) is 0 Å². The zero-order valence-electron chi connectivity index (χ0n) is 10.1. The summed E-state index contributed by atoms with van der Waals surface area (Å²) in [6.45, 7) is 0.742. The van der Waals surface area contributed by atoms with Gasteiger partial charge in [-0.15, -0.1) is 0 Å². The Morgan fingerprint density at radius 2 is 1.89 bits per heavy atom. The predicted molar refractivity (Wildman–Crippen MR) is 70.8 cm³/mol. The van der Waals surface area contributed by atoms with Crippen LogP contribution in [0.2, 0.25) is 0 Å². The van der Waals surface area contributed by atoms with Gasteiger partial charge in [-0.1, -0.05) is 42.5 Å². The second-order valence-corrected chi connectivity index (χ2v) is 4.87. The Kier molecular flexibility index (Phi) is 3.11. The molecule has 1 unspecified atom stereocenters. The van der Waals surface area contributed by atoms with Crippen molar-refractivity contribution in [3.05, 3.63) is 71.5 Å². The molecule has 0 aromatic heterocycles. The lowest BCUT2D eigenvalue weighted by Crippen LogP contribution is -2.17. The second-order valence-electron chi connectivity index (χ2n) is 4.87. The Morgan fingerprint density at radius 3 is 2.67 bits per heavy atom. The quantitative estimate of drug-likeness (QED) is 0.864. The maximum atomic E-state index is 13.0. The van der Waals surface area contributed by atoms with E-state index in [0.29, 0.717) is 12.0 Å². The van der Waals surface area contributed by atoms with Gasteiger partial charge in [0.05, 0.1) is 0 Å². The summed E-state index contributed by atoms with van der Waals surface area (Å²) in [6.07, 6.45) is 1.18. The zero-order chi connectivity index (χ0) is 12.4. The van der Waals surface area contributed by atoms with Gasteiger partial charge in [0.25, 0.3) is 0 Å². The SMILES string of the molecule is Fc1cccc(CN[C@H]2CC2c2ccccc2)c1. The molecule has 18 heavy (non-hydrogen) atoms. The standard InChI is InChI=1S/C16H16FN/c17-14-8-4-5-12(9-14)11-18-16-10-15(16)13-6-2-1-3-7-13/h1-9,15-16,18H,10-11H2/t15?,16-/m0/s1. The molecule has 0 amide bonds. The third-order valence-electron chi connectivity index (χ3n) is 3.48. The van der Waals surface area contributed by atoms with Gasteiger partial charge < -0.3 is 5.32 Å². The lowest BCUT2D eigenvalue weighted by Gasteiger charge is -2.04. The molecule has 3 rings (SSSR count). The van der Waals surface area contributed by atoms with E-state index in [9.17, 15) is 4.39 Å². The molecule has 0 bridgehead atoms. The molecule has 0 heterocycles. The van der Waals surface area contributed by atoms with Crippen molar-refractivity contribution in [2.45, 2.75) is 24.9 Å². The van der Waals surface area contributed by atoms with Gasteiger partial charge >= 0.3 is 0 Å². The molecule has 0 radical (unpaired) electrons. The summed E-state index contributed by atoms with van der Waals surface area (Å²) in [5.74, 6) is 0.462. The molecule has 1 saturated carbocycles. The third-order valence-corrected chi connectivity index (χ3v) is 3.48. The van der Waals surface area contributed by atoms with E-state index in [1.165, 1.54) is 18.1 Å². The number of hydrogen-bond donors (Lipinski definition) is 1. The lowest BCUT2D eigenvalue weighted by molar-refractivity contribution is 0.618. The van der Waals surface area contributed by atoms with E-state index < -0.39 is 0 Å². The van der Waals surface area contributed by atoms with Crippen LogP contribution in [0.3, 0.4) is 0 Å². The highest BCUT2D eigenvalue weighted by molar-refractivity contribution is 5.28. The molecule has 2 atom stereocenters. The second kappa shape index (κ2) is 4.91. The van der Waals surface area contributed by atoms with Crippen molar-refractivity contribution < 1.29 is 4.39 Å². The molecule has 1 fully saturated rings. The minimum absolute atomic E-state index is 0.162. The summed E-state index contributed by atoms with van der Waals surface area (Å²) < 4.78 is 13.0. The molecule has 0 spiro atoms. The van der Waals surface area contributed by atoms with Crippen molar-refractivity contribution in [1.82, 2.24) is 5.32 Å². The van der Waals surface area contributed by atoms with Gasteiger partial charge in [0.15, 0.2) is 0 Å². The smallest absolute Gasteiger partial charge is 0.123 e. The average molecular weight is 241 g/mol. The Labute approximate surface area is 107 Å². The van der Waals surface area contributed by atoms with Gasteiger partial charge in [0.2, 0.25) is 0 Å². The monoisotopic (exact) mass is 241 g/mol. The van der Waals surface area contributed by atoms with E-state index in [1.807, 2.05) is 12.1 Å². The van der Waals surface area contributed by atoms with E-state index >= 15 is 0 Å². The summed E-state index contributed by atoms with van der Waals surface area (Å²) in [6, 6.07) is 17.9. The molecule has 92 valence electrons. The highest BCUT2D eigenvalue weighted by Gasteiger charge is 2.37. The summed E-state index contributed by atoms with van der Waals surface area (Å²) in [4.78, 5) is 0. The summed E-state index contributed by atoms with van der Waals surface area (Å²) in [5.41, 5.74) is 2.41. The number of rotatable bonds is 4. The van der Waals surface area contributed by atoms with E-state index in [0.717, 1.165) is 12.1 Å². The molecule has 2 aromatic rings. The van der Waals surface area contributed by atoms with Crippen LogP contribution < -0.4 is 5.32 Å². The van der Waals surface area contributed by atoms with Gasteiger partial charge in [-0.3, -0.25) is 0 Å². The van der Waals surface area contributed by atoms with E-state index in [4.69, 9.17) is 0 Å². The Balaban J connectivity index is 1.55. The van der Waals surface area contributed by atoms with Gasteiger partial charge in [-0.05, 0) is 29.7 Å². The predicted octanol–water partition coefficient (Wildman–Crippen LogP) is 3.47. The van der Waals surface area contributed by atoms with E-state index in [-0.39, 0.29) is 5.82 Å². The minimum Gasteiger partial charge on any atom is -0.309 e. The molecule has 0 aliphatic heterocycles. The summed E-state index contributed by atoms with van der Waals surface area (Å²) in [7, 11) is 0. The largest absolute Gasteiger partial charge is 0.309 e. The molecule has 1 aliphatic rings. The van der Waals surface area contributed by atoms with Crippen molar-refractivity contribution in [2.75, 3.05) is 0 Å². The third kappa shape index (κ3) is 2.59. The van der Waals surface area contributed by atoms with Crippen molar-refractivity contribution in [3.8, 4) is 0 Å². The minimum atomic E-state index is -0.162. The van der Waals surface area contributed by atoms with E-state index in [2.05, 4.69) is 29.6 Å². The fourth-order valence-electron chi connectivity index (χ4n) is 2.39. The van der Waals surface area contributed by atoms with Crippen LogP contribution in [-0.4, -0.2) is 6.04 Å². The number of halogens is 1. The Bertz CT molecular complexity index is 524. The topological polar surface area (TPSA) is 12.0 Å². The van der Waals surface area contributed by atoms with Crippen LogP contribution in [0.15, 0.2) is 54.6 Å². The normalized spacial score (nSPS) is 21.8. The van der Waals surface area contributed by atoms with Crippen molar-refractivity contribution in [1.29, 1.82) is 0 Å². The van der Waals surface area contributed by atoms with Crippen LogP contribution in [0.25, 0.3) is 0 Å². The molecule has 1 N–H and O–H groups in total. The molecule has 0 saturated heterocycles. The zero-order valence-corrected chi connectivity index (χ0v) is 10.1. The highest BCUT2D eigenvalue weighted by atomic mass is 19.1. The van der Waals surface area contributed by atoms with Gasteiger partial charge in [-0.25, -0.2) is 4.39 Å². The first-order valence-corrected chi connectivity index (χ1v) is 6.36. The highest BCUT2D eigenvalue weighted by Crippen LogP contribution is 2.40. The summed E-state index contributed by atoms with van der Waals surface area (Å²) in [5, 5.41) is 3.48. The van der Waals surface area contributed by atoms with Gasteiger partial charge in [0.1, 0.15) is 5.82 Å². The van der Waals surface area contributed by atoms with Crippen LogP contribution in [0.4, 0.5) is 4.39 Å². The number of nitrogens with one attached hydrogen (secondary N) is 1. The van der Waals surface area contributed by atoms with Crippen LogP contribution >= 0.6 is 0 Å². The fourth-order valence-corrected chi connectivity index (χ4v) is 2.39. The van der Waals surface area contributed by atoms with Crippen LogP contribution in [0.5, 0.6) is 0 Å². The maximum absolute atomic E-state index is 13.0. The molecular formula is C16H16FN. The molecule has 1 nitrogen and oxygen atoms in total. The maximum Gasteiger partial charge on any atom is 0.123 e. The van der Waals surface area contributed by atoms with Crippen LogP contribution in [-0.2, 0) is 6.54 Å². The Hall–Kier alpha value is -1.67. The number of benzene rings is 2. The van der Waals surface area contributed by atoms with Crippen LogP contribution in [0.1, 0.15) is 23.5 Å². The first-order valence-electron chi connectivity index (χ1n) is 6.36. The van der Waals surface area contributed by atoms with Crippen molar-refractivity contribution in [3.63, 3.8) is 0 Å². The van der Waals surface area contributed by atoms with Crippen molar-refractivity contribution >= 4 is 0 Å². The number of hydrogen-bond acceptors (Lipinski definition) is 1. The van der Waals surface area contributed by atoms with E-state index in [1.54, 1.807) is 12.1 Å². The first kappa shape index (κ1) is 11.4.